The van der Waals surface area contributed by atoms with Gasteiger partial charge in [-0.2, -0.15) is 10.5 Å². The predicted octanol–water partition coefficient (Wildman–Crippen LogP) is 5.10. The summed E-state index contributed by atoms with van der Waals surface area (Å²) >= 11 is 0. The minimum Gasteiger partial charge on any atom is -0.494 e. The molecule has 7 heteroatoms. The number of benzene rings is 2. The number of hydrogen-bond donors (Lipinski definition) is 1. The Labute approximate surface area is 192 Å². The lowest BCUT2D eigenvalue weighted by Crippen LogP contribution is -2.01. The average Bonchev–Trinajstić information content (AvgIpc) is 3.32. The molecule has 162 valence electrons. The zero-order chi connectivity index (χ0) is 22.9. The van der Waals surface area contributed by atoms with Crippen molar-refractivity contribution < 1.29 is 4.74 Å². The van der Waals surface area contributed by atoms with Crippen LogP contribution in [0.4, 0.5) is 5.69 Å². The number of pyridine rings is 1. The number of nitrogens with one attached hydrogen (secondary N) is 1. The number of hydrogen-bond acceptors (Lipinski definition) is 6. The van der Waals surface area contributed by atoms with Crippen molar-refractivity contribution in [3.63, 3.8) is 0 Å². The number of imidazole rings is 1. The molecule has 0 saturated heterocycles. The van der Waals surface area contributed by atoms with E-state index in [9.17, 15) is 5.26 Å². The van der Waals surface area contributed by atoms with Gasteiger partial charge in [0.05, 0.1) is 18.4 Å². The van der Waals surface area contributed by atoms with Crippen molar-refractivity contribution in [2.75, 3.05) is 11.9 Å². The van der Waals surface area contributed by atoms with E-state index in [4.69, 9.17) is 10.00 Å². The van der Waals surface area contributed by atoms with E-state index in [1.54, 1.807) is 17.0 Å². The van der Waals surface area contributed by atoms with Crippen molar-refractivity contribution in [1.82, 2.24) is 14.5 Å². The summed E-state index contributed by atoms with van der Waals surface area (Å²) in [6.45, 7) is 1.22. The number of aromatic nitrogens is 3. The summed E-state index contributed by atoms with van der Waals surface area (Å²) in [5, 5.41) is 21.5. The summed E-state index contributed by atoms with van der Waals surface area (Å²) < 4.78 is 7.40. The molecule has 0 saturated carbocycles. The molecule has 2 heterocycles. The molecule has 0 unspecified atom stereocenters. The number of nitriles is 2. The molecule has 0 aliphatic rings. The molecule has 7 nitrogen and oxygen atoms in total. The number of anilines is 1. The second-order valence-electron chi connectivity index (χ2n) is 7.33. The molecule has 2 aromatic heterocycles. The molecule has 0 radical (unpaired) electrons. The van der Waals surface area contributed by atoms with Crippen LogP contribution in [0, 0.1) is 22.7 Å². The first-order valence-electron chi connectivity index (χ1n) is 10.6. The summed E-state index contributed by atoms with van der Waals surface area (Å²) in [6.07, 6.45) is 6.52. The van der Waals surface area contributed by atoms with Gasteiger partial charge in [-0.1, -0.05) is 12.1 Å². The van der Waals surface area contributed by atoms with Crippen LogP contribution < -0.4 is 10.1 Å². The van der Waals surface area contributed by atoms with E-state index >= 15 is 0 Å². The van der Waals surface area contributed by atoms with E-state index in [1.807, 2.05) is 66.9 Å². The topological polar surface area (TPSA) is 99.5 Å². The van der Waals surface area contributed by atoms with Gasteiger partial charge in [0, 0.05) is 48.5 Å². The van der Waals surface area contributed by atoms with E-state index in [1.165, 1.54) is 0 Å². The Kier molecular flexibility index (Phi) is 6.95. The summed E-state index contributed by atoms with van der Waals surface area (Å²) in [5.74, 6) is 1.13. The molecule has 4 aromatic rings. The number of ether oxygens (including phenoxy) is 1. The minimum absolute atomic E-state index is 0.324. The van der Waals surface area contributed by atoms with Gasteiger partial charge in [0.1, 0.15) is 11.8 Å². The van der Waals surface area contributed by atoms with E-state index in [2.05, 4.69) is 27.4 Å². The van der Waals surface area contributed by atoms with E-state index in [-0.39, 0.29) is 0 Å². The third kappa shape index (κ3) is 5.55. The average molecular weight is 435 g/mol. The zero-order valence-electron chi connectivity index (χ0n) is 18.0. The highest BCUT2D eigenvalue weighted by atomic mass is 16.5. The van der Waals surface area contributed by atoms with Gasteiger partial charge in [-0.15, -0.1) is 0 Å². The molecular weight excluding hydrogens is 412 g/mol. The third-order valence-corrected chi connectivity index (χ3v) is 5.03. The Bertz CT molecular complexity index is 1270. The van der Waals surface area contributed by atoms with Crippen molar-refractivity contribution in [3.8, 4) is 34.8 Å². The fraction of sp³-hybridized carbons (Fsp3) is 0.154. The van der Waals surface area contributed by atoms with Crippen molar-refractivity contribution in [1.29, 1.82) is 10.5 Å². The van der Waals surface area contributed by atoms with Gasteiger partial charge in [-0.25, -0.2) is 4.98 Å². The van der Waals surface area contributed by atoms with Crippen LogP contribution in [-0.4, -0.2) is 21.1 Å². The summed E-state index contributed by atoms with van der Waals surface area (Å²) in [6, 6.07) is 23.8. The molecule has 0 atom stereocenters. The van der Waals surface area contributed by atoms with Crippen LogP contribution in [0.3, 0.4) is 0 Å². The Morgan fingerprint density at radius 2 is 1.82 bits per heavy atom. The number of nitrogens with zero attached hydrogens (tertiary/aromatic N) is 5. The molecule has 0 amide bonds. The first-order valence-corrected chi connectivity index (χ1v) is 10.6. The smallest absolute Gasteiger partial charge is 0.217 e. The van der Waals surface area contributed by atoms with Crippen LogP contribution in [0.2, 0.25) is 0 Å². The van der Waals surface area contributed by atoms with E-state index in [0.29, 0.717) is 31.1 Å². The Hall–Kier alpha value is -4.62. The highest BCUT2D eigenvalue weighted by molar-refractivity contribution is 5.60. The van der Waals surface area contributed by atoms with Crippen LogP contribution >= 0.6 is 0 Å². The van der Waals surface area contributed by atoms with Crippen molar-refractivity contribution in [2.24, 2.45) is 0 Å². The maximum Gasteiger partial charge on any atom is 0.217 e. The van der Waals surface area contributed by atoms with Gasteiger partial charge in [-0.3, -0.25) is 9.55 Å². The quantitative estimate of drug-likeness (QED) is 0.368. The molecule has 0 fully saturated rings. The lowest BCUT2D eigenvalue weighted by atomic mass is 10.2. The third-order valence-electron chi connectivity index (χ3n) is 5.03. The van der Waals surface area contributed by atoms with Gasteiger partial charge in [0.25, 0.3) is 0 Å². The highest BCUT2D eigenvalue weighted by Crippen LogP contribution is 2.22. The maximum atomic E-state index is 9.51. The Morgan fingerprint density at radius 3 is 2.52 bits per heavy atom. The minimum atomic E-state index is 0.324. The zero-order valence-corrected chi connectivity index (χ0v) is 18.0. The standard InChI is InChI=1S/C26H22N6O/c27-13-1-2-15-33-24-11-5-20(6-12-24)17-30-22-7-9-23(10-8-22)32-19-25(31-26(32)16-28)21-4-3-14-29-18-21/h3-12,14,18-19,30H,1-2,15,17H2. The van der Waals surface area contributed by atoms with Crippen molar-refractivity contribution >= 4 is 5.69 Å². The van der Waals surface area contributed by atoms with Crippen LogP contribution in [-0.2, 0) is 6.54 Å². The SMILES string of the molecule is N#CCCCOc1ccc(CNc2ccc(-n3cc(-c4cccnc4)nc3C#N)cc2)cc1. The number of unbranched alkanes of at least 4 members (excludes halogenated alkanes) is 1. The van der Waals surface area contributed by atoms with Crippen LogP contribution in [0.1, 0.15) is 24.2 Å². The largest absolute Gasteiger partial charge is 0.494 e. The first kappa shape index (κ1) is 21.6. The molecule has 0 aliphatic heterocycles. The lowest BCUT2D eigenvalue weighted by molar-refractivity contribution is 0.312. The Morgan fingerprint density at radius 1 is 1.00 bits per heavy atom. The molecule has 2 aromatic carbocycles. The highest BCUT2D eigenvalue weighted by Gasteiger charge is 2.11. The van der Waals surface area contributed by atoms with Crippen molar-refractivity contribution in [2.45, 2.75) is 19.4 Å². The van der Waals surface area contributed by atoms with Gasteiger partial charge < -0.3 is 10.1 Å². The van der Waals surface area contributed by atoms with Crippen LogP contribution in [0.5, 0.6) is 5.75 Å². The summed E-state index contributed by atoms with van der Waals surface area (Å²) in [7, 11) is 0. The second-order valence-corrected chi connectivity index (χ2v) is 7.33. The maximum absolute atomic E-state index is 9.51. The molecule has 0 aliphatic carbocycles. The van der Waals surface area contributed by atoms with Gasteiger partial charge in [0.15, 0.2) is 0 Å². The van der Waals surface area contributed by atoms with Gasteiger partial charge in [0.2, 0.25) is 5.82 Å². The molecule has 0 bridgehead atoms. The molecule has 1 N–H and O–H groups in total. The molecule has 4 rings (SSSR count). The number of rotatable bonds is 9. The second kappa shape index (κ2) is 10.6. The monoisotopic (exact) mass is 434 g/mol. The molecule has 0 spiro atoms. The lowest BCUT2D eigenvalue weighted by Gasteiger charge is -2.10. The van der Waals surface area contributed by atoms with Gasteiger partial charge >= 0.3 is 0 Å². The molecule has 33 heavy (non-hydrogen) atoms. The molecular formula is C26H22N6O. The predicted molar refractivity (Wildman–Crippen MR) is 126 cm³/mol. The summed E-state index contributed by atoms with van der Waals surface area (Å²) in [4.78, 5) is 8.55. The van der Waals surface area contributed by atoms with E-state index < -0.39 is 0 Å². The van der Waals surface area contributed by atoms with Crippen LogP contribution in [0.25, 0.3) is 16.9 Å². The first-order chi connectivity index (χ1) is 16.3. The van der Waals surface area contributed by atoms with Crippen LogP contribution in [0.15, 0.2) is 79.3 Å². The van der Waals surface area contributed by atoms with Crippen molar-refractivity contribution in [3.05, 3.63) is 90.6 Å². The van der Waals surface area contributed by atoms with E-state index in [0.717, 1.165) is 34.7 Å². The Balaban J connectivity index is 1.38. The fourth-order valence-corrected chi connectivity index (χ4v) is 3.30. The fourth-order valence-electron chi connectivity index (χ4n) is 3.30. The van der Waals surface area contributed by atoms with Gasteiger partial charge in [-0.05, 0) is 60.5 Å². The normalized spacial score (nSPS) is 10.2. The summed E-state index contributed by atoms with van der Waals surface area (Å²) in [5.41, 5.74) is 4.54.